The van der Waals surface area contributed by atoms with E-state index in [1.54, 1.807) is 0 Å². The molecular weight excluding hydrogens is 258 g/mol. The fourth-order valence-corrected chi connectivity index (χ4v) is 4.56. The van der Waals surface area contributed by atoms with Gasteiger partial charge in [0.15, 0.2) is 0 Å². The maximum Gasteiger partial charge on any atom is 0.119 e. The van der Waals surface area contributed by atoms with E-state index in [0.717, 1.165) is 12.3 Å². The van der Waals surface area contributed by atoms with Crippen molar-refractivity contribution >= 4 is 0 Å². The van der Waals surface area contributed by atoms with E-state index >= 15 is 0 Å². The van der Waals surface area contributed by atoms with E-state index in [-0.39, 0.29) is 0 Å². The number of benzene rings is 1. The smallest absolute Gasteiger partial charge is 0.119 e. The highest BCUT2D eigenvalue weighted by Crippen LogP contribution is 2.47. The highest BCUT2D eigenvalue weighted by Gasteiger charge is 2.39. The van der Waals surface area contributed by atoms with Gasteiger partial charge in [-0.3, -0.25) is 0 Å². The minimum atomic E-state index is -1.25. The Bertz CT molecular complexity index is 534. The summed E-state index contributed by atoms with van der Waals surface area (Å²) in [5.74, 6) is 2.05. The van der Waals surface area contributed by atoms with Crippen LogP contribution in [0.2, 0.25) is 0 Å². The normalized spacial score (nSPS) is 29.6. The number of methoxy groups -OCH3 is 1. The summed E-state index contributed by atoms with van der Waals surface area (Å²) in [5.41, 5.74) is 2.87. The van der Waals surface area contributed by atoms with E-state index in [4.69, 9.17) is 7.48 Å². The standard InChI is InChI=1S/C19H29NO/c1-4-11-20(2)19-12-14-9-10-15(21-3)13-18(14)16-7-5-6-8-17(16)19/h9-10,13,16-17,19H,4-8,11-12H2,1-3H3/t16?,17?,19-/m0/s1/i3D2. The molecule has 21 heavy (non-hydrogen) atoms. The van der Waals surface area contributed by atoms with E-state index < -0.39 is 7.06 Å². The average Bonchev–Trinajstić information content (AvgIpc) is 2.54. The first-order valence-electron chi connectivity index (χ1n) is 9.59. The van der Waals surface area contributed by atoms with Crippen LogP contribution in [0.5, 0.6) is 5.75 Å². The van der Waals surface area contributed by atoms with Crippen molar-refractivity contribution in [2.24, 2.45) is 5.92 Å². The van der Waals surface area contributed by atoms with Crippen molar-refractivity contribution in [3.05, 3.63) is 29.3 Å². The lowest BCUT2D eigenvalue weighted by Gasteiger charge is -2.46. The van der Waals surface area contributed by atoms with Gasteiger partial charge in [0.2, 0.25) is 0 Å². The highest BCUT2D eigenvalue weighted by molar-refractivity contribution is 5.41. The molecule has 0 N–H and O–H groups in total. The zero-order valence-corrected chi connectivity index (χ0v) is 13.3. The van der Waals surface area contributed by atoms with Gasteiger partial charge in [-0.15, -0.1) is 0 Å². The molecule has 0 radical (unpaired) electrons. The second kappa shape index (κ2) is 6.39. The molecule has 0 heterocycles. The molecule has 0 bridgehead atoms. The molecule has 1 aromatic carbocycles. The third-order valence-corrected chi connectivity index (χ3v) is 5.54. The lowest BCUT2D eigenvalue weighted by atomic mass is 9.65. The molecule has 1 fully saturated rings. The van der Waals surface area contributed by atoms with Gasteiger partial charge < -0.3 is 9.64 Å². The van der Waals surface area contributed by atoms with Crippen LogP contribution in [0.1, 0.15) is 58.8 Å². The van der Waals surface area contributed by atoms with Gasteiger partial charge in [-0.1, -0.05) is 25.8 Å². The average molecular weight is 289 g/mol. The summed E-state index contributed by atoms with van der Waals surface area (Å²) in [4.78, 5) is 2.57. The molecule has 0 aromatic heterocycles. The number of fused-ring (bicyclic) bond motifs is 3. The molecule has 0 aliphatic heterocycles. The fraction of sp³-hybridized carbons (Fsp3) is 0.684. The molecule has 0 saturated heterocycles. The number of rotatable bonds is 4. The Morgan fingerprint density at radius 3 is 3.00 bits per heavy atom. The van der Waals surface area contributed by atoms with Crippen LogP contribution in [-0.2, 0) is 6.42 Å². The Labute approximate surface area is 132 Å². The molecule has 1 aromatic rings. The Hall–Kier alpha value is -1.02. The zero-order valence-electron chi connectivity index (χ0n) is 15.3. The van der Waals surface area contributed by atoms with E-state index in [1.165, 1.54) is 49.8 Å². The summed E-state index contributed by atoms with van der Waals surface area (Å²) in [5, 5.41) is 0. The highest BCUT2D eigenvalue weighted by atomic mass is 16.5. The number of nitrogens with zero attached hydrogens (tertiary/aromatic N) is 1. The topological polar surface area (TPSA) is 12.5 Å². The Kier molecular flexibility index (Phi) is 3.81. The zero-order chi connectivity index (χ0) is 16.4. The summed E-state index contributed by atoms with van der Waals surface area (Å²) < 4.78 is 19.9. The van der Waals surface area contributed by atoms with Gasteiger partial charge in [0.25, 0.3) is 0 Å². The van der Waals surface area contributed by atoms with Crippen LogP contribution >= 0.6 is 0 Å². The number of hydrogen-bond acceptors (Lipinski definition) is 2. The van der Waals surface area contributed by atoms with Crippen molar-refractivity contribution in [3.8, 4) is 5.75 Å². The third-order valence-electron chi connectivity index (χ3n) is 5.54. The van der Waals surface area contributed by atoms with E-state index in [2.05, 4.69) is 31.0 Å². The van der Waals surface area contributed by atoms with Crippen LogP contribution in [0.15, 0.2) is 18.2 Å². The molecule has 116 valence electrons. The maximum atomic E-state index is 7.31. The van der Waals surface area contributed by atoms with Gasteiger partial charge in [-0.25, -0.2) is 0 Å². The summed E-state index contributed by atoms with van der Waals surface area (Å²) in [6, 6.07) is 6.88. The molecule has 2 nitrogen and oxygen atoms in total. The Morgan fingerprint density at radius 2 is 2.19 bits per heavy atom. The van der Waals surface area contributed by atoms with Crippen molar-refractivity contribution in [1.29, 1.82) is 0 Å². The first kappa shape index (κ1) is 12.5. The third kappa shape index (κ3) is 2.83. The predicted octanol–water partition coefficient (Wildman–Crippen LogP) is 4.24. The second-order valence-corrected chi connectivity index (χ2v) is 6.79. The Morgan fingerprint density at radius 1 is 1.33 bits per heavy atom. The molecule has 3 rings (SSSR count). The van der Waals surface area contributed by atoms with Crippen molar-refractivity contribution in [1.82, 2.24) is 4.90 Å². The van der Waals surface area contributed by atoms with Gasteiger partial charge in [-0.2, -0.15) is 0 Å². The van der Waals surface area contributed by atoms with Gasteiger partial charge in [0.1, 0.15) is 5.75 Å². The van der Waals surface area contributed by atoms with Crippen LogP contribution < -0.4 is 4.74 Å². The lowest BCUT2D eigenvalue weighted by molar-refractivity contribution is 0.115. The van der Waals surface area contributed by atoms with Gasteiger partial charge in [0, 0.05) is 6.04 Å². The minimum Gasteiger partial charge on any atom is -0.497 e. The van der Waals surface area contributed by atoms with E-state index in [0.29, 0.717) is 17.7 Å². The molecule has 3 atom stereocenters. The largest absolute Gasteiger partial charge is 0.497 e. The lowest BCUT2D eigenvalue weighted by Crippen LogP contribution is -2.46. The Balaban J connectivity index is 1.90. The van der Waals surface area contributed by atoms with E-state index in [1.807, 2.05) is 6.07 Å². The van der Waals surface area contributed by atoms with Crippen LogP contribution in [0, 0.1) is 5.92 Å². The minimum absolute atomic E-state index is 0.621. The van der Waals surface area contributed by atoms with Crippen LogP contribution in [0.3, 0.4) is 0 Å². The van der Waals surface area contributed by atoms with Crippen LogP contribution in [-0.4, -0.2) is 31.6 Å². The number of likely N-dealkylation sites (N-methyl/N-ethyl adjacent to an activating group) is 1. The van der Waals surface area contributed by atoms with Gasteiger partial charge >= 0.3 is 0 Å². The van der Waals surface area contributed by atoms with E-state index in [9.17, 15) is 0 Å². The molecule has 0 spiro atoms. The van der Waals surface area contributed by atoms with Crippen molar-refractivity contribution < 1.29 is 7.48 Å². The molecule has 2 heteroatoms. The summed E-state index contributed by atoms with van der Waals surface area (Å²) in [6.45, 7) is 3.43. The summed E-state index contributed by atoms with van der Waals surface area (Å²) in [7, 11) is 1.04. The quantitative estimate of drug-likeness (QED) is 0.822. The molecule has 2 aliphatic rings. The molecule has 2 aliphatic carbocycles. The summed E-state index contributed by atoms with van der Waals surface area (Å²) >= 11 is 0. The van der Waals surface area contributed by atoms with Crippen LogP contribution in [0.25, 0.3) is 0 Å². The SMILES string of the molecule is [2H]C([2H])Oc1ccc2c(c1)C1CCCCC1[C@@H](N(C)CCC)C2. The van der Waals surface area contributed by atoms with Crippen molar-refractivity contribution in [2.75, 3.05) is 20.7 Å². The summed E-state index contributed by atoms with van der Waals surface area (Å²) in [6.07, 6.45) is 7.59. The van der Waals surface area contributed by atoms with Crippen LogP contribution in [0.4, 0.5) is 0 Å². The number of ether oxygens (including phenoxy) is 1. The maximum absolute atomic E-state index is 7.31. The van der Waals surface area contributed by atoms with Crippen molar-refractivity contribution in [3.63, 3.8) is 0 Å². The van der Waals surface area contributed by atoms with Gasteiger partial charge in [-0.05, 0) is 74.4 Å². The molecular formula is C19H29NO. The molecule has 1 saturated carbocycles. The second-order valence-electron chi connectivity index (χ2n) is 6.79. The number of hydrogen-bond donors (Lipinski definition) is 0. The van der Waals surface area contributed by atoms with Gasteiger partial charge in [0.05, 0.1) is 9.80 Å². The predicted molar refractivity (Wildman–Crippen MR) is 88.1 cm³/mol. The van der Waals surface area contributed by atoms with Crippen molar-refractivity contribution in [2.45, 2.75) is 57.4 Å². The first-order chi connectivity index (χ1) is 11.1. The monoisotopic (exact) mass is 289 g/mol. The molecule has 0 amide bonds. The fourth-order valence-electron chi connectivity index (χ4n) is 4.56. The molecule has 2 unspecified atom stereocenters. The first-order valence-corrected chi connectivity index (χ1v) is 8.44.